The monoisotopic (exact) mass is 298 g/mol. The molecule has 0 amide bonds. The maximum Gasteiger partial charge on any atom is 0.0674 e. The molecule has 1 N–H and O–H groups in total. The number of morpholine rings is 1. The molecule has 3 unspecified atom stereocenters. The van der Waals surface area contributed by atoms with Crippen LogP contribution in [-0.4, -0.2) is 63.0 Å². The second-order valence-electron chi connectivity index (χ2n) is 7.60. The summed E-state index contributed by atoms with van der Waals surface area (Å²) in [7, 11) is 0. The van der Waals surface area contributed by atoms with Crippen LogP contribution in [0.25, 0.3) is 0 Å². The molecule has 124 valence electrons. The Kier molecular flexibility index (Phi) is 6.48. The highest BCUT2D eigenvalue weighted by atomic mass is 16.5. The van der Waals surface area contributed by atoms with Crippen molar-refractivity contribution in [3.05, 3.63) is 0 Å². The molecule has 0 saturated carbocycles. The van der Waals surface area contributed by atoms with Crippen LogP contribution in [-0.2, 0) is 9.47 Å². The fourth-order valence-corrected chi connectivity index (χ4v) is 3.48. The van der Waals surface area contributed by atoms with Gasteiger partial charge in [-0.1, -0.05) is 13.8 Å². The number of hydrogen-bond donors (Lipinski definition) is 1. The van der Waals surface area contributed by atoms with Gasteiger partial charge in [0, 0.05) is 37.7 Å². The van der Waals surface area contributed by atoms with Crippen molar-refractivity contribution in [3.8, 4) is 0 Å². The third kappa shape index (κ3) is 5.20. The molecule has 2 aliphatic rings. The SMILES string of the molecule is CC(C)CNCC1(CN2CC(C)OCC2C)CCCOC1. The van der Waals surface area contributed by atoms with E-state index < -0.39 is 0 Å². The molecule has 0 spiro atoms. The number of hydrogen-bond acceptors (Lipinski definition) is 4. The van der Waals surface area contributed by atoms with Crippen LogP contribution in [0.1, 0.15) is 40.5 Å². The average Bonchev–Trinajstić information content (AvgIpc) is 2.43. The third-order valence-corrected chi connectivity index (χ3v) is 4.73. The maximum atomic E-state index is 5.85. The van der Waals surface area contributed by atoms with Crippen LogP contribution in [0.15, 0.2) is 0 Å². The fourth-order valence-electron chi connectivity index (χ4n) is 3.48. The minimum absolute atomic E-state index is 0.276. The molecule has 2 rings (SSSR count). The quantitative estimate of drug-likeness (QED) is 0.814. The number of nitrogens with zero attached hydrogens (tertiary/aromatic N) is 1. The molecule has 0 radical (unpaired) electrons. The molecule has 2 fully saturated rings. The summed E-state index contributed by atoms with van der Waals surface area (Å²) in [5.74, 6) is 0.703. The fraction of sp³-hybridized carbons (Fsp3) is 1.00. The summed E-state index contributed by atoms with van der Waals surface area (Å²) in [6.45, 7) is 16.0. The lowest BCUT2D eigenvalue weighted by molar-refractivity contribution is -0.0855. The lowest BCUT2D eigenvalue weighted by Gasteiger charge is -2.45. The lowest BCUT2D eigenvalue weighted by atomic mass is 9.81. The standard InChI is InChI=1S/C17H34N2O2/c1-14(2)8-18-11-17(6-5-7-20-13-17)12-19-9-16(4)21-10-15(19)3/h14-16,18H,5-13H2,1-4H3. The van der Waals surface area contributed by atoms with E-state index in [9.17, 15) is 0 Å². The third-order valence-electron chi connectivity index (χ3n) is 4.73. The highest BCUT2D eigenvalue weighted by molar-refractivity contribution is 4.90. The Morgan fingerprint density at radius 3 is 2.81 bits per heavy atom. The molecule has 2 saturated heterocycles. The van der Waals surface area contributed by atoms with Crippen molar-refractivity contribution >= 4 is 0 Å². The van der Waals surface area contributed by atoms with Gasteiger partial charge in [0.25, 0.3) is 0 Å². The van der Waals surface area contributed by atoms with Gasteiger partial charge in [0.05, 0.1) is 19.3 Å². The van der Waals surface area contributed by atoms with Crippen LogP contribution < -0.4 is 5.32 Å². The highest BCUT2D eigenvalue weighted by Gasteiger charge is 2.37. The molecule has 0 bridgehead atoms. The van der Waals surface area contributed by atoms with Gasteiger partial charge < -0.3 is 14.8 Å². The van der Waals surface area contributed by atoms with Crippen LogP contribution in [0.4, 0.5) is 0 Å². The zero-order valence-electron chi connectivity index (χ0n) is 14.4. The van der Waals surface area contributed by atoms with E-state index in [1.807, 2.05) is 0 Å². The molecule has 0 aliphatic carbocycles. The average molecular weight is 298 g/mol. The van der Waals surface area contributed by atoms with Crippen molar-refractivity contribution in [2.24, 2.45) is 11.3 Å². The molecular formula is C17H34N2O2. The van der Waals surface area contributed by atoms with E-state index in [1.54, 1.807) is 0 Å². The van der Waals surface area contributed by atoms with Gasteiger partial charge in [-0.2, -0.15) is 0 Å². The van der Waals surface area contributed by atoms with Crippen LogP contribution >= 0.6 is 0 Å². The Balaban J connectivity index is 1.94. The predicted octanol–water partition coefficient (Wildman–Crippen LogP) is 2.14. The van der Waals surface area contributed by atoms with Gasteiger partial charge in [-0.05, 0) is 39.2 Å². The van der Waals surface area contributed by atoms with Crippen molar-refractivity contribution in [1.29, 1.82) is 0 Å². The molecule has 0 aromatic carbocycles. The summed E-state index contributed by atoms with van der Waals surface area (Å²) in [4.78, 5) is 2.61. The summed E-state index contributed by atoms with van der Waals surface area (Å²) < 4.78 is 11.6. The Labute approximate surface area is 130 Å². The van der Waals surface area contributed by atoms with Crippen molar-refractivity contribution in [2.45, 2.75) is 52.7 Å². The molecule has 4 nitrogen and oxygen atoms in total. The van der Waals surface area contributed by atoms with Gasteiger partial charge in [-0.3, -0.25) is 4.90 Å². The van der Waals surface area contributed by atoms with Gasteiger partial charge in [0.2, 0.25) is 0 Å². The summed E-state index contributed by atoms with van der Waals surface area (Å²) in [6, 6.07) is 0.519. The maximum absolute atomic E-state index is 5.85. The second kappa shape index (κ2) is 7.91. The smallest absolute Gasteiger partial charge is 0.0674 e. The van der Waals surface area contributed by atoms with E-state index in [4.69, 9.17) is 9.47 Å². The predicted molar refractivity (Wildman–Crippen MR) is 86.6 cm³/mol. The first-order valence-corrected chi connectivity index (χ1v) is 8.65. The van der Waals surface area contributed by atoms with Crippen LogP contribution in [0.5, 0.6) is 0 Å². The summed E-state index contributed by atoms with van der Waals surface area (Å²) in [6.07, 6.45) is 2.82. The number of rotatable bonds is 6. The first-order chi connectivity index (χ1) is 10.0. The molecule has 0 aromatic rings. The van der Waals surface area contributed by atoms with Gasteiger partial charge >= 0.3 is 0 Å². The molecule has 3 atom stereocenters. The van der Waals surface area contributed by atoms with E-state index in [2.05, 4.69) is 37.9 Å². The van der Waals surface area contributed by atoms with Crippen molar-refractivity contribution in [3.63, 3.8) is 0 Å². The normalized spacial score (nSPS) is 35.3. The Morgan fingerprint density at radius 2 is 2.14 bits per heavy atom. The first-order valence-electron chi connectivity index (χ1n) is 8.65. The minimum Gasteiger partial charge on any atom is -0.381 e. The number of nitrogens with one attached hydrogen (secondary N) is 1. The largest absolute Gasteiger partial charge is 0.381 e. The van der Waals surface area contributed by atoms with E-state index in [0.29, 0.717) is 18.1 Å². The molecule has 2 aliphatic heterocycles. The van der Waals surface area contributed by atoms with Crippen LogP contribution in [0.3, 0.4) is 0 Å². The molecule has 4 heteroatoms. The molecule has 21 heavy (non-hydrogen) atoms. The van der Waals surface area contributed by atoms with E-state index in [1.165, 1.54) is 12.8 Å². The van der Waals surface area contributed by atoms with Crippen LogP contribution in [0.2, 0.25) is 0 Å². The van der Waals surface area contributed by atoms with Gasteiger partial charge in [-0.15, -0.1) is 0 Å². The summed E-state index contributed by atoms with van der Waals surface area (Å²) >= 11 is 0. The molecular weight excluding hydrogens is 264 g/mol. The zero-order chi connectivity index (χ0) is 15.3. The Bertz CT molecular complexity index is 303. The van der Waals surface area contributed by atoms with E-state index in [-0.39, 0.29) is 5.41 Å². The highest BCUT2D eigenvalue weighted by Crippen LogP contribution is 2.31. The first kappa shape index (κ1) is 17.2. The van der Waals surface area contributed by atoms with E-state index in [0.717, 1.165) is 46.0 Å². The van der Waals surface area contributed by atoms with Gasteiger partial charge in [0.15, 0.2) is 0 Å². The zero-order valence-corrected chi connectivity index (χ0v) is 14.4. The second-order valence-corrected chi connectivity index (χ2v) is 7.60. The minimum atomic E-state index is 0.276. The van der Waals surface area contributed by atoms with Crippen molar-refractivity contribution in [2.75, 3.05) is 46.0 Å². The van der Waals surface area contributed by atoms with Crippen LogP contribution in [0, 0.1) is 11.3 Å². The summed E-state index contributed by atoms with van der Waals surface area (Å²) in [5.41, 5.74) is 0.276. The van der Waals surface area contributed by atoms with Crippen molar-refractivity contribution in [1.82, 2.24) is 10.2 Å². The Morgan fingerprint density at radius 1 is 1.33 bits per heavy atom. The van der Waals surface area contributed by atoms with Gasteiger partial charge in [0.1, 0.15) is 0 Å². The van der Waals surface area contributed by atoms with Gasteiger partial charge in [-0.25, -0.2) is 0 Å². The van der Waals surface area contributed by atoms with Crippen molar-refractivity contribution < 1.29 is 9.47 Å². The molecule has 2 heterocycles. The number of ether oxygens (including phenoxy) is 2. The lowest BCUT2D eigenvalue weighted by Crippen LogP contribution is -2.55. The summed E-state index contributed by atoms with van der Waals surface area (Å²) in [5, 5.41) is 3.67. The Hall–Kier alpha value is -0.160. The topological polar surface area (TPSA) is 33.7 Å². The van der Waals surface area contributed by atoms with E-state index >= 15 is 0 Å². The molecule has 0 aromatic heterocycles.